The van der Waals surface area contributed by atoms with Gasteiger partial charge in [0.15, 0.2) is 0 Å². The molecule has 0 spiro atoms. The van der Waals surface area contributed by atoms with Crippen LogP contribution in [0.2, 0.25) is 0 Å². The van der Waals surface area contributed by atoms with Crippen molar-refractivity contribution in [3.63, 3.8) is 0 Å². The van der Waals surface area contributed by atoms with E-state index in [1.807, 2.05) is 0 Å². The number of ether oxygens (including phenoxy) is 1. The van der Waals surface area contributed by atoms with Gasteiger partial charge in [0.2, 0.25) is 5.91 Å². The second-order valence-corrected chi connectivity index (χ2v) is 5.56. The summed E-state index contributed by atoms with van der Waals surface area (Å²) >= 11 is 0. The first kappa shape index (κ1) is 17.4. The van der Waals surface area contributed by atoms with Gasteiger partial charge in [0.1, 0.15) is 12.3 Å². The summed E-state index contributed by atoms with van der Waals surface area (Å²) in [5, 5.41) is 7.80. The van der Waals surface area contributed by atoms with Gasteiger partial charge in [0.05, 0.1) is 37.4 Å². The largest absolute Gasteiger partial charge is 0.469 e. The van der Waals surface area contributed by atoms with Crippen LogP contribution >= 0.6 is 0 Å². The van der Waals surface area contributed by atoms with Gasteiger partial charge in [-0.25, -0.2) is 4.68 Å². The predicted molar refractivity (Wildman–Crippen MR) is 92.3 cm³/mol. The molecule has 0 radical (unpaired) electrons. The zero-order valence-electron chi connectivity index (χ0n) is 14.1. The molecule has 134 valence electrons. The molecule has 3 aromatic rings. The van der Waals surface area contributed by atoms with E-state index in [1.54, 1.807) is 36.4 Å². The van der Waals surface area contributed by atoms with Gasteiger partial charge in [-0.05, 0) is 18.2 Å². The Morgan fingerprint density at radius 1 is 1.19 bits per heavy atom. The van der Waals surface area contributed by atoms with E-state index in [-0.39, 0.29) is 19.5 Å². The van der Waals surface area contributed by atoms with Crippen molar-refractivity contribution < 1.29 is 18.7 Å². The van der Waals surface area contributed by atoms with Gasteiger partial charge in [0, 0.05) is 5.39 Å². The first-order valence-corrected chi connectivity index (χ1v) is 7.93. The lowest BCUT2D eigenvalue weighted by atomic mass is 10.1. The van der Waals surface area contributed by atoms with Gasteiger partial charge in [-0.15, -0.1) is 0 Å². The highest BCUT2D eigenvalue weighted by atomic mass is 16.5. The van der Waals surface area contributed by atoms with Crippen molar-refractivity contribution in [2.75, 3.05) is 7.11 Å². The first-order chi connectivity index (χ1) is 12.6. The minimum absolute atomic E-state index is 0.0920. The second-order valence-electron chi connectivity index (χ2n) is 5.56. The van der Waals surface area contributed by atoms with Gasteiger partial charge in [-0.2, -0.15) is 5.10 Å². The van der Waals surface area contributed by atoms with E-state index < -0.39 is 17.4 Å². The predicted octanol–water partition coefficient (Wildman–Crippen LogP) is 1.02. The van der Waals surface area contributed by atoms with Crippen LogP contribution in [-0.4, -0.2) is 28.8 Å². The van der Waals surface area contributed by atoms with Crippen LogP contribution in [0.15, 0.2) is 51.9 Å². The first-order valence-electron chi connectivity index (χ1n) is 7.93. The van der Waals surface area contributed by atoms with Crippen molar-refractivity contribution in [1.29, 1.82) is 0 Å². The molecule has 0 aliphatic heterocycles. The highest BCUT2D eigenvalue weighted by Crippen LogP contribution is 2.14. The Morgan fingerprint density at radius 2 is 1.96 bits per heavy atom. The maximum absolute atomic E-state index is 12.6. The number of carbonyl (C=O) groups excluding carboxylic acids is 2. The summed E-state index contributed by atoms with van der Waals surface area (Å²) < 4.78 is 10.9. The molecule has 26 heavy (non-hydrogen) atoms. The fourth-order valence-electron chi connectivity index (χ4n) is 2.54. The topological polar surface area (TPSA) is 103 Å². The number of furan rings is 1. The molecule has 0 aliphatic carbocycles. The molecule has 0 atom stereocenters. The van der Waals surface area contributed by atoms with Gasteiger partial charge in [-0.1, -0.05) is 18.2 Å². The van der Waals surface area contributed by atoms with E-state index in [0.29, 0.717) is 22.2 Å². The number of carbonyl (C=O) groups is 2. The number of aromatic nitrogens is 2. The molecular weight excluding hydrogens is 338 g/mol. The van der Waals surface area contributed by atoms with Crippen LogP contribution < -0.4 is 10.9 Å². The van der Waals surface area contributed by atoms with Gasteiger partial charge in [-0.3, -0.25) is 14.4 Å². The highest BCUT2D eigenvalue weighted by molar-refractivity contribution is 5.87. The van der Waals surface area contributed by atoms with E-state index >= 15 is 0 Å². The molecule has 0 fully saturated rings. The van der Waals surface area contributed by atoms with Crippen LogP contribution in [-0.2, 0) is 33.8 Å². The summed E-state index contributed by atoms with van der Waals surface area (Å²) in [6.07, 6.45) is 1.42. The van der Waals surface area contributed by atoms with Crippen LogP contribution in [0.5, 0.6) is 0 Å². The number of esters is 1. The van der Waals surface area contributed by atoms with Crippen LogP contribution in [0.1, 0.15) is 11.5 Å². The molecule has 3 rings (SSSR count). The summed E-state index contributed by atoms with van der Waals surface area (Å²) in [5.41, 5.74) is -0.0201. The average Bonchev–Trinajstić information content (AvgIpc) is 3.17. The number of hydrogen-bond acceptors (Lipinski definition) is 6. The maximum atomic E-state index is 12.6. The van der Waals surface area contributed by atoms with Crippen LogP contribution in [0.25, 0.3) is 10.8 Å². The lowest BCUT2D eigenvalue weighted by Gasteiger charge is -2.10. The lowest BCUT2D eigenvalue weighted by Crippen LogP contribution is -2.34. The number of fused-ring (bicyclic) bond motifs is 1. The molecule has 0 unspecified atom stereocenters. The minimum atomic E-state index is -0.477. The molecular formula is C18H17N3O5. The number of rotatable bonds is 6. The Kier molecular flexibility index (Phi) is 5.12. The maximum Gasteiger partial charge on any atom is 0.311 e. The summed E-state index contributed by atoms with van der Waals surface area (Å²) in [5.74, 6) is -0.269. The van der Waals surface area contributed by atoms with E-state index in [1.165, 1.54) is 13.4 Å². The lowest BCUT2D eigenvalue weighted by molar-refractivity contribution is -0.139. The SMILES string of the molecule is COC(=O)Cc1nn(CC(=O)NCc2ccco2)c(=O)c2ccccc12. The average molecular weight is 355 g/mol. The van der Waals surface area contributed by atoms with Crippen molar-refractivity contribution in [3.8, 4) is 0 Å². The standard InChI is InChI=1S/C18H17N3O5/c1-25-17(23)9-15-13-6-2-3-7-14(13)18(24)21(20-15)11-16(22)19-10-12-5-4-8-26-12/h2-8H,9-11H2,1H3,(H,19,22). The molecule has 2 aromatic heterocycles. The van der Waals surface area contributed by atoms with Crippen molar-refractivity contribution >= 4 is 22.6 Å². The molecule has 2 heterocycles. The fraction of sp³-hybridized carbons (Fsp3) is 0.222. The molecule has 0 saturated carbocycles. The molecule has 0 saturated heterocycles. The Labute approximate surface area is 148 Å². The van der Waals surface area contributed by atoms with Crippen molar-refractivity contribution in [1.82, 2.24) is 15.1 Å². The smallest absolute Gasteiger partial charge is 0.311 e. The third kappa shape index (κ3) is 3.80. The zero-order valence-corrected chi connectivity index (χ0v) is 14.1. The molecule has 0 aliphatic rings. The Hall–Kier alpha value is -3.42. The van der Waals surface area contributed by atoms with E-state index in [9.17, 15) is 14.4 Å². The summed E-state index contributed by atoms with van der Waals surface area (Å²) in [6.45, 7) is -0.0538. The van der Waals surface area contributed by atoms with Gasteiger partial charge >= 0.3 is 5.97 Å². The number of benzene rings is 1. The monoisotopic (exact) mass is 355 g/mol. The van der Waals surface area contributed by atoms with E-state index in [4.69, 9.17) is 4.42 Å². The molecule has 1 amide bonds. The number of hydrogen-bond donors (Lipinski definition) is 1. The van der Waals surface area contributed by atoms with Crippen molar-refractivity contribution in [2.24, 2.45) is 0 Å². The number of amides is 1. The summed E-state index contributed by atoms with van der Waals surface area (Å²) in [7, 11) is 1.28. The molecule has 1 N–H and O–H groups in total. The number of nitrogens with zero attached hydrogens (tertiary/aromatic N) is 2. The fourth-order valence-corrected chi connectivity index (χ4v) is 2.54. The van der Waals surface area contributed by atoms with Crippen molar-refractivity contribution in [2.45, 2.75) is 19.5 Å². The Balaban J connectivity index is 1.87. The normalized spacial score (nSPS) is 10.7. The third-order valence-electron chi connectivity index (χ3n) is 3.82. The van der Waals surface area contributed by atoms with Gasteiger partial charge in [0.25, 0.3) is 5.56 Å². The number of methoxy groups -OCH3 is 1. The minimum Gasteiger partial charge on any atom is -0.469 e. The van der Waals surface area contributed by atoms with Crippen molar-refractivity contribution in [3.05, 3.63) is 64.5 Å². The number of nitrogens with one attached hydrogen (secondary N) is 1. The Bertz CT molecular complexity index is 992. The van der Waals surface area contributed by atoms with Crippen LogP contribution in [0, 0.1) is 0 Å². The van der Waals surface area contributed by atoms with E-state index in [2.05, 4.69) is 15.2 Å². The Morgan fingerprint density at radius 3 is 2.65 bits per heavy atom. The summed E-state index contributed by atoms with van der Waals surface area (Å²) in [4.78, 5) is 36.4. The quantitative estimate of drug-likeness (QED) is 0.662. The molecule has 8 heteroatoms. The zero-order chi connectivity index (χ0) is 18.5. The van der Waals surface area contributed by atoms with Crippen LogP contribution in [0.4, 0.5) is 0 Å². The third-order valence-corrected chi connectivity index (χ3v) is 3.82. The summed E-state index contributed by atoms with van der Waals surface area (Å²) in [6, 6.07) is 10.3. The second kappa shape index (κ2) is 7.64. The van der Waals surface area contributed by atoms with E-state index in [0.717, 1.165) is 4.68 Å². The van der Waals surface area contributed by atoms with Gasteiger partial charge < -0.3 is 14.5 Å². The van der Waals surface area contributed by atoms with Crippen LogP contribution in [0.3, 0.4) is 0 Å². The molecule has 0 bridgehead atoms. The highest BCUT2D eigenvalue weighted by Gasteiger charge is 2.15. The molecule has 8 nitrogen and oxygen atoms in total. The molecule has 1 aromatic carbocycles.